The zero-order valence-electron chi connectivity index (χ0n) is 13.7. The molecule has 5 nitrogen and oxygen atoms in total. The normalized spacial score (nSPS) is 28.4. The lowest BCUT2D eigenvalue weighted by Crippen LogP contribution is -2.76. The van der Waals surface area contributed by atoms with Crippen LogP contribution in [0.5, 0.6) is 0 Å². The van der Waals surface area contributed by atoms with Gasteiger partial charge < -0.3 is 5.73 Å². The summed E-state index contributed by atoms with van der Waals surface area (Å²) in [5, 5.41) is 0. The molecule has 1 fully saturated rings. The topological polar surface area (TPSA) is 75.4 Å². The highest BCUT2D eigenvalue weighted by Gasteiger charge is 2.61. The van der Waals surface area contributed by atoms with Crippen molar-refractivity contribution in [2.45, 2.75) is 66.5 Å². The van der Waals surface area contributed by atoms with Crippen LogP contribution < -0.4 is 10.5 Å². The Kier molecular flexibility index (Phi) is 5.28. The van der Waals surface area contributed by atoms with E-state index >= 15 is 0 Å². The second-order valence-electron chi connectivity index (χ2n) is 7.08. The summed E-state index contributed by atoms with van der Waals surface area (Å²) >= 11 is 0. The van der Waals surface area contributed by atoms with E-state index in [9.17, 15) is 8.42 Å². The van der Waals surface area contributed by atoms with Crippen molar-refractivity contribution >= 4 is 10.2 Å². The van der Waals surface area contributed by atoms with Crippen molar-refractivity contribution in [2.75, 3.05) is 13.1 Å². The van der Waals surface area contributed by atoms with Gasteiger partial charge in [0.1, 0.15) is 0 Å². The van der Waals surface area contributed by atoms with E-state index in [-0.39, 0.29) is 22.9 Å². The third-order valence-corrected chi connectivity index (χ3v) is 6.22. The van der Waals surface area contributed by atoms with Gasteiger partial charge in [-0.1, -0.05) is 41.5 Å². The molecule has 0 heterocycles. The summed E-state index contributed by atoms with van der Waals surface area (Å²) in [6.07, 6.45) is 1.63. The van der Waals surface area contributed by atoms with Gasteiger partial charge in [0.2, 0.25) is 0 Å². The number of nitrogens with two attached hydrogens (primary N) is 1. The molecule has 0 atom stereocenters. The Hall–Kier alpha value is -0.170. The molecule has 6 heteroatoms. The summed E-state index contributed by atoms with van der Waals surface area (Å²) in [7, 11) is -3.44. The van der Waals surface area contributed by atoms with E-state index in [1.165, 1.54) is 0 Å². The van der Waals surface area contributed by atoms with E-state index in [1.54, 1.807) is 4.31 Å². The molecule has 0 aromatic rings. The van der Waals surface area contributed by atoms with Crippen LogP contribution in [-0.4, -0.2) is 37.9 Å². The predicted octanol–water partition coefficient (Wildman–Crippen LogP) is 1.70. The first-order chi connectivity index (χ1) is 9.01. The molecule has 0 aromatic heterocycles. The highest BCUT2D eigenvalue weighted by atomic mass is 32.2. The maximum Gasteiger partial charge on any atom is 0.279 e. The molecule has 120 valence electrons. The van der Waals surface area contributed by atoms with Crippen LogP contribution in [-0.2, 0) is 10.2 Å². The molecule has 0 unspecified atom stereocenters. The molecule has 1 saturated carbocycles. The van der Waals surface area contributed by atoms with Gasteiger partial charge in [0.25, 0.3) is 10.2 Å². The van der Waals surface area contributed by atoms with E-state index in [2.05, 4.69) is 4.72 Å². The molecule has 3 N–H and O–H groups in total. The molecule has 0 radical (unpaired) electrons. The van der Waals surface area contributed by atoms with Gasteiger partial charge in [0.15, 0.2) is 0 Å². The predicted molar refractivity (Wildman–Crippen MR) is 83.5 cm³/mol. The number of nitrogens with zero attached hydrogens (tertiary/aromatic N) is 1. The van der Waals surface area contributed by atoms with Crippen molar-refractivity contribution in [3.05, 3.63) is 0 Å². The van der Waals surface area contributed by atoms with E-state index in [0.717, 1.165) is 12.8 Å². The molecule has 20 heavy (non-hydrogen) atoms. The average Bonchev–Trinajstić information content (AvgIpc) is 2.34. The third kappa shape index (κ3) is 3.03. The zero-order chi connectivity index (χ0) is 15.8. The molecular formula is C14H31N3O2S. The Morgan fingerprint density at radius 1 is 1.05 bits per heavy atom. The van der Waals surface area contributed by atoms with Crippen molar-refractivity contribution in [3.63, 3.8) is 0 Å². The van der Waals surface area contributed by atoms with Crippen LogP contribution >= 0.6 is 0 Å². The minimum atomic E-state index is -3.44. The first-order valence-electron chi connectivity index (χ1n) is 7.54. The molecule has 0 aromatic carbocycles. The minimum absolute atomic E-state index is 0.00602. The van der Waals surface area contributed by atoms with Crippen LogP contribution in [0, 0.1) is 10.8 Å². The summed E-state index contributed by atoms with van der Waals surface area (Å²) in [6, 6.07) is -0.139. The summed E-state index contributed by atoms with van der Waals surface area (Å²) in [5.74, 6) is 0. The van der Waals surface area contributed by atoms with Gasteiger partial charge in [-0.05, 0) is 23.7 Å². The standard InChI is InChI=1S/C14H31N3O2S/c1-7-9-17(10-8-2)20(18,19)16-12-13(3,4)11(15)14(12,5)6/h11-12,16H,7-10,15H2,1-6H3. The van der Waals surface area contributed by atoms with Crippen molar-refractivity contribution in [2.24, 2.45) is 16.6 Å². The lowest BCUT2D eigenvalue weighted by molar-refractivity contribution is -0.0600. The highest BCUT2D eigenvalue weighted by molar-refractivity contribution is 7.87. The van der Waals surface area contributed by atoms with Crippen LogP contribution in [0.25, 0.3) is 0 Å². The van der Waals surface area contributed by atoms with E-state index in [0.29, 0.717) is 13.1 Å². The minimum Gasteiger partial charge on any atom is -0.327 e. The third-order valence-electron chi connectivity index (χ3n) is 4.64. The van der Waals surface area contributed by atoms with Crippen molar-refractivity contribution in [1.29, 1.82) is 0 Å². The van der Waals surface area contributed by atoms with Crippen LogP contribution in [0.3, 0.4) is 0 Å². The van der Waals surface area contributed by atoms with Gasteiger partial charge in [-0.15, -0.1) is 0 Å². The number of nitrogens with one attached hydrogen (secondary N) is 1. The van der Waals surface area contributed by atoms with Gasteiger partial charge in [0.05, 0.1) is 0 Å². The van der Waals surface area contributed by atoms with Crippen molar-refractivity contribution < 1.29 is 8.42 Å². The number of hydrogen-bond acceptors (Lipinski definition) is 3. The molecule has 1 aliphatic carbocycles. The first-order valence-corrected chi connectivity index (χ1v) is 8.98. The van der Waals surface area contributed by atoms with Crippen LogP contribution in [0.4, 0.5) is 0 Å². The lowest BCUT2D eigenvalue weighted by atomic mass is 9.49. The largest absolute Gasteiger partial charge is 0.327 e. The summed E-state index contributed by atoms with van der Waals surface area (Å²) in [6.45, 7) is 13.2. The quantitative estimate of drug-likeness (QED) is 0.752. The fraction of sp³-hybridized carbons (Fsp3) is 1.00. The van der Waals surface area contributed by atoms with Crippen LogP contribution in [0.1, 0.15) is 54.4 Å². The van der Waals surface area contributed by atoms with Crippen LogP contribution in [0.2, 0.25) is 0 Å². The van der Waals surface area contributed by atoms with Gasteiger partial charge >= 0.3 is 0 Å². The molecule has 1 rings (SSSR count). The lowest BCUT2D eigenvalue weighted by Gasteiger charge is -2.62. The average molecular weight is 305 g/mol. The zero-order valence-corrected chi connectivity index (χ0v) is 14.5. The molecule has 0 aliphatic heterocycles. The SMILES string of the molecule is CCCN(CCC)S(=O)(=O)NC1C(C)(C)C(N)C1(C)C. The number of hydrogen-bond donors (Lipinski definition) is 2. The fourth-order valence-electron chi connectivity index (χ4n) is 3.56. The summed E-state index contributed by atoms with van der Waals surface area (Å²) in [5.41, 5.74) is 5.75. The van der Waals surface area contributed by atoms with Crippen molar-refractivity contribution in [1.82, 2.24) is 9.03 Å². The molecule has 0 bridgehead atoms. The Balaban J connectivity index is 2.90. The second-order valence-corrected chi connectivity index (χ2v) is 8.78. The number of rotatable bonds is 7. The Labute approximate surface area is 124 Å². The fourth-order valence-corrected chi connectivity index (χ4v) is 5.46. The molecule has 0 spiro atoms. The van der Waals surface area contributed by atoms with E-state index in [4.69, 9.17) is 5.73 Å². The Morgan fingerprint density at radius 2 is 1.45 bits per heavy atom. The smallest absolute Gasteiger partial charge is 0.279 e. The van der Waals surface area contributed by atoms with E-state index < -0.39 is 10.2 Å². The molecule has 0 saturated heterocycles. The summed E-state index contributed by atoms with van der Waals surface area (Å²) in [4.78, 5) is 0. The highest BCUT2D eigenvalue weighted by Crippen LogP contribution is 2.52. The summed E-state index contributed by atoms with van der Waals surface area (Å²) < 4.78 is 29.6. The molecular weight excluding hydrogens is 274 g/mol. The van der Waals surface area contributed by atoms with E-state index in [1.807, 2.05) is 41.5 Å². The first kappa shape index (κ1) is 17.9. The monoisotopic (exact) mass is 305 g/mol. The van der Waals surface area contributed by atoms with Gasteiger partial charge in [-0.25, -0.2) is 0 Å². The maximum absolute atomic E-state index is 12.6. The van der Waals surface area contributed by atoms with Gasteiger partial charge in [0, 0.05) is 25.2 Å². The second kappa shape index (κ2) is 5.91. The van der Waals surface area contributed by atoms with Gasteiger partial charge in [-0.2, -0.15) is 17.4 Å². The Bertz CT molecular complexity index is 410. The van der Waals surface area contributed by atoms with Crippen molar-refractivity contribution in [3.8, 4) is 0 Å². The Morgan fingerprint density at radius 3 is 1.80 bits per heavy atom. The van der Waals surface area contributed by atoms with Crippen LogP contribution in [0.15, 0.2) is 0 Å². The molecule has 1 aliphatic rings. The van der Waals surface area contributed by atoms with Gasteiger partial charge in [-0.3, -0.25) is 0 Å². The molecule has 0 amide bonds. The maximum atomic E-state index is 12.6.